The van der Waals surface area contributed by atoms with E-state index in [1.54, 1.807) is 23.1 Å². The Morgan fingerprint density at radius 3 is 2.65 bits per heavy atom. The standard InChI is InChI=1S/C20H27N3O3/c1-4-11-26-20(25)15-5-6-18-16(12-15)19(24)17(14(2)21-18)13-23-9-7-22(3)8-10-23/h5-6,12H,4,7-11,13H2,1-3H3,(H,21,24)/p+2. The smallest absolute Gasteiger partial charge is 0.338 e. The van der Waals surface area contributed by atoms with Crippen LogP contribution in [-0.4, -0.2) is 50.8 Å². The number of pyridine rings is 1. The number of likely N-dealkylation sites (N-methyl/N-ethyl adjacent to an activating group) is 1. The van der Waals surface area contributed by atoms with Crippen LogP contribution in [0.25, 0.3) is 10.9 Å². The van der Waals surface area contributed by atoms with E-state index in [2.05, 4.69) is 12.0 Å². The van der Waals surface area contributed by atoms with Crippen molar-refractivity contribution in [2.24, 2.45) is 0 Å². The third-order valence-corrected chi connectivity index (χ3v) is 5.22. The number of carbonyl (C=O) groups is 1. The Bertz CT molecular complexity index is 851. The summed E-state index contributed by atoms with van der Waals surface area (Å²) >= 11 is 0. The zero-order valence-corrected chi connectivity index (χ0v) is 15.9. The highest BCUT2D eigenvalue weighted by Crippen LogP contribution is 2.14. The van der Waals surface area contributed by atoms with Crippen molar-refractivity contribution in [1.29, 1.82) is 0 Å². The van der Waals surface area contributed by atoms with Crippen LogP contribution in [0.1, 0.15) is 35.0 Å². The summed E-state index contributed by atoms with van der Waals surface area (Å²) in [4.78, 5) is 31.5. The maximum atomic E-state index is 13.1. The van der Waals surface area contributed by atoms with E-state index in [-0.39, 0.29) is 11.4 Å². The lowest BCUT2D eigenvalue weighted by atomic mass is 10.1. The number of quaternary nitrogens is 2. The second kappa shape index (κ2) is 8.01. The van der Waals surface area contributed by atoms with Crippen molar-refractivity contribution in [3.63, 3.8) is 0 Å². The average molecular weight is 359 g/mol. The predicted octanol–water partition coefficient (Wildman–Crippen LogP) is -0.683. The first-order valence-corrected chi connectivity index (χ1v) is 9.47. The number of nitrogens with one attached hydrogen (secondary N) is 3. The van der Waals surface area contributed by atoms with Gasteiger partial charge in [0.05, 0.1) is 24.8 Å². The average Bonchev–Trinajstić information content (AvgIpc) is 2.64. The molecule has 2 aromatic rings. The maximum Gasteiger partial charge on any atom is 0.338 e. The Kier molecular flexibility index (Phi) is 5.74. The molecule has 0 saturated carbocycles. The van der Waals surface area contributed by atoms with Crippen molar-refractivity contribution in [2.45, 2.75) is 26.8 Å². The highest BCUT2D eigenvalue weighted by atomic mass is 16.5. The minimum Gasteiger partial charge on any atom is -0.462 e. The quantitative estimate of drug-likeness (QED) is 0.620. The van der Waals surface area contributed by atoms with E-state index in [9.17, 15) is 9.59 Å². The molecule has 1 aliphatic heterocycles. The van der Waals surface area contributed by atoms with Gasteiger partial charge in [-0.1, -0.05) is 6.92 Å². The molecule has 140 valence electrons. The Morgan fingerprint density at radius 1 is 1.23 bits per heavy atom. The summed E-state index contributed by atoms with van der Waals surface area (Å²) in [6.07, 6.45) is 0.777. The van der Waals surface area contributed by atoms with Gasteiger partial charge in [0.2, 0.25) is 0 Å². The molecule has 0 amide bonds. The zero-order valence-electron chi connectivity index (χ0n) is 15.9. The van der Waals surface area contributed by atoms with E-state index in [1.165, 1.54) is 4.90 Å². The Labute approximate surface area is 153 Å². The number of piperazine rings is 1. The molecule has 6 nitrogen and oxygen atoms in total. The molecule has 0 atom stereocenters. The molecule has 3 N–H and O–H groups in total. The molecule has 0 unspecified atom stereocenters. The number of aryl methyl sites for hydroxylation is 1. The number of H-pyrrole nitrogens is 1. The van der Waals surface area contributed by atoms with Crippen LogP contribution < -0.4 is 15.2 Å². The molecule has 2 heterocycles. The third-order valence-electron chi connectivity index (χ3n) is 5.22. The van der Waals surface area contributed by atoms with Crippen molar-refractivity contribution >= 4 is 16.9 Å². The first-order chi connectivity index (χ1) is 12.5. The van der Waals surface area contributed by atoms with Crippen molar-refractivity contribution < 1.29 is 19.3 Å². The molecule has 3 rings (SSSR count). The molecule has 0 bridgehead atoms. The fourth-order valence-corrected chi connectivity index (χ4v) is 3.53. The van der Waals surface area contributed by atoms with Gasteiger partial charge in [-0.2, -0.15) is 0 Å². The molecule has 0 radical (unpaired) electrons. The lowest BCUT2D eigenvalue weighted by molar-refractivity contribution is -1.01. The highest BCUT2D eigenvalue weighted by molar-refractivity contribution is 5.94. The first kappa shape index (κ1) is 18.6. The molecule has 0 aliphatic carbocycles. The normalized spacial score (nSPS) is 20.3. The van der Waals surface area contributed by atoms with E-state index in [1.807, 2.05) is 13.8 Å². The number of carbonyl (C=O) groups excluding carboxylic acids is 1. The topological polar surface area (TPSA) is 68.0 Å². The van der Waals surface area contributed by atoms with Crippen LogP contribution in [0, 0.1) is 6.92 Å². The fraction of sp³-hybridized carbons (Fsp3) is 0.500. The number of hydrogen-bond acceptors (Lipinski definition) is 3. The molecular formula is C20H29N3O3+2. The summed E-state index contributed by atoms with van der Waals surface area (Å²) in [5, 5.41) is 0.565. The van der Waals surface area contributed by atoms with Crippen LogP contribution in [0.2, 0.25) is 0 Å². The van der Waals surface area contributed by atoms with Crippen LogP contribution in [0.15, 0.2) is 23.0 Å². The molecule has 1 aromatic carbocycles. The molecule has 1 saturated heterocycles. The highest BCUT2D eigenvalue weighted by Gasteiger charge is 2.23. The van der Waals surface area contributed by atoms with Crippen LogP contribution in [-0.2, 0) is 11.3 Å². The van der Waals surface area contributed by atoms with Gasteiger partial charge in [-0.25, -0.2) is 4.79 Å². The molecule has 0 spiro atoms. The van der Waals surface area contributed by atoms with Gasteiger partial charge in [0.25, 0.3) is 0 Å². The summed E-state index contributed by atoms with van der Waals surface area (Å²) in [5.41, 5.74) is 2.97. The van der Waals surface area contributed by atoms with E-state index in [4.69, 9.17) is 4.74 Å². The minimum absolute atomic E-state index is 0.0279. The number of benzene rings is 1. The van der Waals surface area contributed by atoms with Gasteiger partial charge in [0.15, 0.2) is 5.43 Å². The number of esters is 1. The zero-order chi connectivity index (χ0) is 18.7. The predicted molar refractivity (Wildman–Crippen MR) is 101 cm³/mol. The number of hydrogen-bond donors (Lipinski definition) is 3. The summed E-state index contributed by atoms with van der Waals surface area (Å²) < 4.78 is 5.19. The maximum absolute atomic E-state index is 13.1. The molecule has 6 heteroatoms. The van der Waals surface area contributed by atoms with Gasteiger partial charge >= 0.3 is 5.97 Å². The third kappa shape index (κ3) is 3.97. The monoisotopic (exact) mass is 359 g/mol. The second-order valence-electron chi connectivity index (χ2n) is 7.34. The van der Waals surface area contributed by atoms with Crippen LogP contribution >= 0.6 is 0 Å². The minimum atomic E-state index is -0.372. The number of fused-ring (bicyclic) bond motifs is 1. The Morgan fingerprint density at radius 2 is 1.96 bits per heavy atom. The first-order valence-electron chi connectivity index (χ1n) is 9.47. The van der Waals surface area contributed by atoms with Crippen LogP contribution in [0.3, 0.4) is 0 Å². The Hall–Kier alpha value is -2.18. The van der Waals surface area contributed by atoms with Gasteiger partial charge in [-0.3, -0.25) is 4.79 Å². The van der Waals surface area contributed by atoms with E-state index in [0.717, 1.165) is 55.9 Å². The van der Waals surface area contributed by atoms with E-state index in [0.29, 0.717) is 17.6 Å². The summed E-state index contributed by atoms with van der Waals surface area (Å²) in [6.45, 7) is 9.45. The van der Waals surface area contributed by atoms with Crippen molar-refractivity contribution in [3.8, 4) is 0 Å². The van der Waals surface area contributed by atoms with Gasteiger partial charge in [-0.15, -0.1) is 0 Å². The molecule has 1 aromatic heterocycles. The summed E-state index contributed by atoms with van der Waals surface area (Å²) in [5.74, 6) is -0.372. The molecule has 1 aliphatic rings. The van der Waals surface area contributed by atoms with E-state index >= 15 is 0 Å². The molecule has 26 heavy (non-hydrogen) atoms. The summed E-state index contributed by atoms with van der Waals surface area (Å²) in [7, 11) is 2.21. The van der Waals surface area contributed by atoms with E-state index < -0.39 is 0 Å². The second-order valence-corrected chi connectivity index (χ2v) is 7.34. The number of ether oxygens (including phenoxy) is 1. The largest absolute Gasteiger partial charge is 0.462 e. The van der Waals surface area contributed by atoms with Crippen molar-refractivity contribution in [2.75, 3.05) is 39.8 Å². The number of rotatable bonds is 5. The Balaban J connectivity index is 1.91. The van der Waals surface area contributed by atoms with Crippen molar-refractivity contribution in [1.82, 2.24) is 4.98 Å². The van der Waals surface area contributed by atoms with Gasteiger partial charge in [-0.05, 0) is 31.5 Å². The number of aromatic nitrogens is 1. The van der Waals surface area contributed by atoms with Crippen molar-refractivity contribution in [3.05, 3.63) is 45.2 Å². The van der Waals surface area contributed by atoms with Crippen LogP contribution in [0.4, 0.5) is 0 Å². The molecule has 1 fully saturated rings. The summed E-state index contributed by atoms with van der Waals surface area (Å²) in [6, 6.07) is 5.17. The molecular weight excluding hydrogens is 330 g/mol. The van der Waals surface area contributed by atoms with Crippen LogP contribution in [0.5, 0.6) is 0 Å². The lowest BCUT2D eigenvalue weighted by Gasteiger charge is -2.27. The lowest BCUT2D eigenvalue weighted by Crippen LogP contribution is -3.26. The number of aromatic amines is 1. The van der Waals surface area contributed by atoms with Gasteiger partial charge in [0, 0.05) is 16.6 Å². The van der Waals surface area contributed by atoms with Gasteiger partial charge < -0.3 is 19.5 Å². The fourth-order valence-electron chi connectivity index (χ4n) is 3.53. The van der Waals surface area contributed by atoms with Gasteiger partial charge in [0.1, 0.15) is 32.7 Å². The SMILES string of the molecule is CCCOC(=O)c1ccc2[nH]c(C)c(C[NH+]3CC[NH+](C)CC3)c(=O)c2c1.